The van der Waals surface area contributed by atoms with Crippen LogP contribution in [0, 0.1) is 0 Å². The van der Waals surface area contributed by atoms with Gasteiger partial charge in [-0.05, 0) is 165 Å². The molecule has 3 aliphatic rings. The van der Waals surface area contributed by atoms with E-state index in [9.17, 15) is 0 Å². The number of thiophene rings is 2. The van der Waals surface area contributed by atoms with Crippen LogP contribution in [0.5, 0.6) is 0 Å². The molecule has 0 unspecified atom stereocenters. The van der Waals surface area contributed by atoms with E-state index in [1.165, 1.54) is 134 Å². The van der Waals surface area contributed by atoms with E-state index >= 15 is 0 Å². The van der Waals surface area contributed by atoms with Gasteiger partial charge in [-0.2, -0.15) is 0 Å². The minimum absolute atomic E-state index is 0.00767. The van der Waals surface area contributed by atoms with Gasteiger partial charge in [-0.3, -0.25) is 0 Å². The first-order chi connectivity index (χ1) is 35.6. The third kappa shape index (κ3) is 7.89. The quantitative estimate of drug-likeness (QED) is 0.154. The van der Waals surface area contributed by atoms with Crippen molar-refractivity contribution in [2.75, 3.05) is 14.7 Å². The fourth-order valence-electron chi connectivity index (χ4n) is 12.4. The molecule has 2 aliphatic heterocycles. The molecule has 4 heterocycles. The van der Waals surface area contributed by atoms with Crippen molar-refractivity contribution in [3.8, 4) is 0 Å². The normalized spacial score (nSPS) is 15.0. The highest BCUT2D eigenvalue weighted by molar-refractivity contribution is 7.33. The van der Waals surface area contributed by atoms with E-state index in [2.05, 4.69) is 247 Å². The Balaban J connectivity index is 1.10. The molecule has 0 bridgehead atoms. The van der Waals surface area contributed by atoms with E-state index in [1.54, 1.807) is 0 Å². The first-order valence-electron chi connectivity index (χ1n) is 27.0. The zero-order valence-electron chi connectivity index (χ0n) is 44.5. The molecule has 1 saturated carbocycles. The average molecular weight is 1000 g/mol. The SMILES string of the molecule is CC(C)(C)c1ccc(N(c2ccc(C(C)(C)C)cc2)c2ccc3c(c2)N(c2ccccc2)c2cc(C4CCCCC4)cc4c2B3c2sc3ccc(C(C)(C)C)cc3c2N4c2ccc3sc4ccccc4c3c2)cc1. The maximum absolute atomic E-state index is 2.71. The zero-order valence-corrected chi connectivity index (χ0v) is 46.1. The van der Waals surface area contributed by atoms with E-state index < -0.39 is 0 Å². The minimum Gasteiger partial charge on any atom is -0.311 e. The number of rotatable bonds is 6. The Bertz CT molecular complexity index is 3730. The second kappa shape index (κ2) is 17.5. The summed E-state index contributed by atoms with van der Waals surface area (Å²) >= 11 is 3.90. The number of nitrogens with zero attached hydrogens (tertiary/aromatic N) is 3. The van der Waals surface area contributed by atoms with E-state index in [4.69, 9.17) is 0 Å². The summed E-state index contributed by atoms with van der Waals surface area (Å²) in [5.41, 5.74) is 19.3. The molecule has 0 spiro atoms. The van der Waals surface area contributed by atoms with Crippen molar-refractivity contribution in [3.63, 3.8) is 0 Å². The topological polar surface area (TPSA) is 9.72 Å². The van der Waals surface area contributed by atoms with Gasteiger partial charge < -0.3 is 14.7 Å². The molecule has 0 N–H and O–H groups in total. The van der Waals surface area contributed by atoms with Crippen LogP contribution >= 0.6 is 22.7 Å². The fourth-order valence-corrected chi connectivity index (χ4v) is 14.8. The fraction of sp³-hybridized carbons (Fsp3) is 0.265. The predicted molar refractivity (Wildman–Crippen MR) is 325 cm³/mol. The van der Waals surface area contributed by atoms with Gasteiger partial charge >= 0.3 is 0 Å². The van der Waals surface area contributed by atoms with Crippen LogP contribution in [0.4, 0.5) is 51.2 Å². The van der Waals surface area contributed by atoms with Gasteiger partial charge in [-0.25, -0.2) is 0 Å². The summed E-state index contributed by atoms with van der Waals surface area (Å²) in [5, 5.41) is 4.00. The van der Waals surface area contributed by atoms with Crippen LogP contribution in [-0.4, -0.2) is 6.71 Å². The summed E-state index contributed by atoms with van der Waals surface area (Å²) < 4.78 is 5.42. The second-order valence-electron chi connectivity index (χ2n) is 24.5. The summed E-state index contributed by atoms with van der Waals surface area (Å²) in [6, 6.07) is 66.1. The number of benzene rings is 8. The molecule has 1 fully saturated rings. The van der Waals surface area contributed by atoms with Crippen LogP contribution in [0.25, 0.3) is 30.3 Å². The van der Waals surface area contributed by atoms with Gasteiger partial charge in [0.2, 0.25) is 0 Å². The van der Waals surface area contributed by atoms with Crippen molar-refractivity contribution in [1.29, 1.82) is 0 Å². The molecule has 0 radical (unpaired) electrons. The monoisotopic (exact) mass is 999 g/mol. The largest absolute Gasteiger partial charge is 0.311 e. The molecular formula is C68H66BN3S2. The first-order valence-corrected chi connectivity index (χ1v) is 28.7. The molecule has 0 saturated heterocycles. The van der Waals surface area contributed by atoms with Gasteiger partial charge in [0.1, 0.15) is 0 Å². The molecule has 74 heavy (non-hydrogen) atoms. The molecule has 2 aromatic heterocycles. The summed E-state index contributed by atoms with van der Waals surface area (Å²) in [6.07, 6.45) is 6.31. The van der Waals surface area contributed by atoms with E-state index in [0.29, 0.717) is 5.92 Å². The van der Waals surface area contributed by atoms with Crippen molar-refractivity contribution in [1.82, 2.24) is 0 Å². The Labute approximate surface area is 447 Å². The number of fused-ring (bicyclic) bond motifs is 9. The number of anilines is 9. The van der Waals surface area contributed by atoms with Crippen LogP contribution in [0.2, 0.25) is 0 Å². The smallest absolute Gasteiger partial charge is 0.264 e. The molecule has 3 nitrogen and oxygen atoms in total. The lowest BCUT2D eigenvalue weighted by Gasteiger charge is -2.44. The Morgan fingerprint density at radius 1 is 0.446 bits per heavy atom. The maximum Gasteiger partial charge on any atom is 0.264 e. The molecule has 1 aliphatic carbocycles. The van der Waals surface area contributed by atoms with Crippen molar-refractivity contribution in [3.05, 3.63) is 192 Å². The third-order valence-corrected chi connectivity index (χ3v) is 18.9. The number of hydrogen-bond acceptors (Lipinski definition) is 5. The summed E-state index contributed by atoms with van der Waals surface area (Å²) in [6.45, 7) is 20.9. The van der Waals surface area contributed by atoms with E-state index in [-0.39, 0.29) is 23.0 Å². The van der Waals surface area contributed by atoms with Crippen molar-refractivity contribution in [2.24, 2.45) is 0 Å². The van der Waals surface area contributed by atoms with Gasteiger partial charge in [0.05, 0.1) is 5.69 Å². The molecule has 0 atom stereocenters. The summed E-state index contributed by atoms with van der Waals surface area (Å²) in [4.78, 5) is 7.82. The lowest BCUT2D eigenvalue weighted by atomic mass is 9.36. The molecule has 10 aromatic rings. The minimum atomic E-state index is -0.00767. The van der Waals surface area contributed by atoms with Gasteiger partial charge in [0, 0.05) is 80.5 Å². The molecular weight excluding hydrogens is 934 g/mol. The summed E-state index contributed by atoms with van der Waals surface area (Å²) in [7, 11) is 0. The Morgan fingerprint density at radius 3 is 1.68 bits per heavy atom. The standard InChI is InChI=1S/C68H66BN3S2/c1-66(2,3)45-24-29-49(30-25-45)70(50-31-26-46(27-32-50)67(4,5)6)52-33-35-56-57(42-52)71(48-20-14-11-15-21-48)58-38-44(43-18-12-10-13-19-43)39-59-63(58)69(56)65-64(55-40-47(68(7,8)9)28-36-62(55)74-65)72(59)51-34-37-61-54(41-51)53-22-16-17-23-60(53)73-61/h11,14-17,20-43H,10,12-13,18-19H2,1-9H3. The highest BCUT2D eigenvalue weighted by Crippen LogP contribution is 2.52. The predicted octanol–water partition coefficient (Wildman–Crippen LogP) is 18.8. The maximum atomic E-state index is 2.71. The van der Waals surface area contributed by atoms with Gasteiger partial charge in [0.25, 0.3) is 6.71 Å². The Hall–Kier alpha value is -6.60. The highest BCUT2D eigenvalue weighted by atomic mass is 32.1. The average Bonchev–Trinajstić information content (AvgIpc) is 3.97. The summed E-state index contributed by atoms with van der Waals surface area (Å²) in [5.74, 6) is 0.495. The van der Waals surface area contributed by atoms with Crippen LogP contribution in [0.3, 0.4) is 0 Å². The lowest BCUT2D eigenvalue weighted by Crippen LogP contribution is -2.60. The van der Waals surface area contributed by atoms with Gasteiger partial charge in [0.15, 0.2) is 0 Å². The molecule has 6 heteroatoms. The Kier molecular flexibility index (Phi) is 11.1. The third-order valence-electron chi connectivity index (χ3n) is 16.5. The van der Waals surface area contributed by atoms with E-state index in [1.807, 2.05) is 22.7 Å². The van der Waals surface area contributed by atoms with Crippen molar-refractivity contribution >= 4 is 127 Å². The van der Waals surface area contributed by atoms with Crippen molar-refractivity contribution in [2.45, 2.75) is 117 Å². The van der Waals surface area contributed by atoms with Gasteiger partial charge in [-0.15, -0.1) is 22.7 Å². The molecule has 0 amide bonds. The number of hydrogen-bond donors (Lipinski definition) is 0. The second-order valence-corrected chi connectivity index (χ2v) is 26.6. The van der Waals surface area contributed by atoms with E-state index in [0.717, 1.165) is 17.1 Å². The van der Waals surface area contributed by atoms with Crippen LogP contribution < -0.4 is 30.4 Å². The lowest BCUT2D eigenvalue weighted by molar-refractivity contribution is 0.444. The Morgan fingerprint density at radius 2 is 1.01 bits per heavy atom. The highest BCUT2D eigenvalue weighted by Gasteiger charge is 2.46. The molecule has 13 rings (SSSR count). The van der Waals surface area contributed by atoms with Crippen LogP contribution in [0.1, 0.15) is 123 Å². The molecule has 368 valence electrons. The van der Waals surface area contributed by atoms with Crippen molar-refractivity contribution < 1.29 is 0 Å². The van der Waals surface area contributed by atoms with Crippen LogP contribution in [0.15, 0.2) is 170 Å². The number of para-hydroxylation sites is 1. The molecule has 8 aromatic carbocycles. The zero-order chi connectivity index (χ0) is 50.8. The van der Waals surface area contributed by atoms with Gasteiger partial charge in [-0.1, -0.05) is 154 Å². The van der Waals surface area contributed by atoms with Crippen LogP contribution in [-0.2, 0) is 16.2 Å². The first kappa shape index (κ1) is 47.1.